The van der Waals surface area contributed by atoms with Crippen molar-refractivity contribution in [3.05, 3.63) is 17.0 Å². The first-order valence-electron chi connectivity index (χ1n) is 8.76. The molecule has 1 aliphatic heterocycles. The number of β-amino-alcohol motifs (C(OH)–C–C–N with tert-alkyl or cyclic N) is 1. The molecular weight excluding hydrogens is 292 g/mol. The van der Waals surface area contributed by atoms with Gasteiger partial charge in [-0.05, 0) is 59.2 Å². The van der Waals surface area contributed by atoms with Crippen molar-refractivity contribution < 1.29 is 10.2 Å². The van der Waals surface area contributed by atoms with E-state index in [1.807, 2.05) is 18.5 Å². The zero-order chi connectivity index (χ0) is 16.8. The average Bonchev–Trinajstić information content (AvgIpc) is 2.76. The van der Waals surface area contributed by atoms with E-state index in [9.17, 15) is 5.11 Å². The van der Waals surface area contributed by atoms with Crippen LogP contribution in [0.15, 0.2) is 0 Å². The molecule has 0 bridgehead atoms. The second kappa shape index (κ2) is 8.78. The Bertz CT molecular complexity index is 479. The molecule has 0 aliphatic carbocycles. The molecule has 0 saturated carbocycles. The van der Waals surface area contributed by atoms with E-state index in [0.29, 0.717) is 12.5 Å². The highest BCUT2D eigenvalue weighted by Crippen LogP contribution is 2.17. The minimum atomic E-state index is -0.230. The van der Waals surface area contributed by atoms with Crippen LogP contribution in [-0.2, 0) is 13.1 Å². The van der Waals surface area contributed by atoms with E-state index in [0.717, 1.165) is 44.1 Å². The highest BCUT2D eigenvalue weighted by molar-refractivity contribution is 5.24. The van der Waals surface area contributed by atoms with Crippen molar-refractivity contribution in [3.63, 3.8) is 0 Å². The van der Waals surface area contributed by atoms with Gasteiger partial charge in [-0.1, -0.05) is 0 Å². The fourth-order valence-electron chi connectivity index (χ4n) is 3.45. The van der Waals surface area contributed by atoms with Crippen molar-refractivity contribution in [2.75, 3.05) is 32.8 Å². The highest BCUT2D eigenvalue weighted by Gasteiger charge is 2.20. The summed E-state index contributed by atoms with van der Waals surface area (Å²) >= 11 is 0. The van der Waals surface area contributed by atoms with E-state index in [-0.39, 0.29) is 12.7 Å². The van der Waals surface area contributed by atoms with Gasteiger partial charge < -0.3 is 20.4 Å². The molecule has 0 amide bonds. The van der Waals surface area contributed by atoms with E-state index in [2.05, 4.69) is 22.2 Å². The molecule has 0 radical (unpaired) electrons. The van der Waals surface area contributed by atoms with E-state index in [1.54, 1.807) is 0 Å². The van der Waals surface area contributed by atoms with Crippen molar-refractivity contribution >= 4 is 0 Å². The summed E-state index contributed by atoms with van der Waals surface area (Å²) in [5.74, 6) is 0.716. The number of hydrogen-bond donors (Lipinski definition) is 3. The third-order valence-corrected chi connectivity index (χ3v) is 4.81. The van der Waals surface area contributed by atoms with Crippen LogP contribution < -0.4 is 5.32 Å². The molecule has 1 aromatic rings. The summed E-state index contributed by atoms with van der Waals surface area (Å²) in [5, 5.41) is 26.6. The summed E-state index contributed by atoms with van der Waals surface area (Å²) in [5.41, 5.74) is 3.45. The lowest BCUT2D eigenvalue weighted by atomic mass is 9.96. The predicted octanol–water partition coefficient (Wildman–Crippen LogP) is 0.675. The van der Waals surface area contributed by atoms with Crippen molar-refractivity contribution in [1.29, 1.82) is 0 Å². The maximum atomic E-state index is 9.45. The molecule has 1 atom stereocenters. The first kappa shape index (κ1) is 18.4. The van der Waals surface area contributed by atoms with Crippen LogP contribution in [0, 0.1) is 19.8 Å². The van der Waals surface area contributed by atoms with Gasteiger partial charge in [-0.3, -0.25) is 4.68 Å². The van der Waals surface area contributed by atoms with Gasteiger partial charge in [0, 0.05) is 24.3 Å². The Morgan fingerprint density at radius 2 is 2.00 bits per heavy atom. The third kappa shape index (κ3) is 5.28. The molecule has 0 unspecified atom stereocenters. The Morgan fingerprint density at radius 3 is 2.61 bits per heavy atom. The lowest BCUT2D eigenvalue weighted by Crippen LogP contribution is -2.40. The first-order valence-corrected chi connectivity index (χ1v) is 8.76. The number of piperidine rings is 1. The fourth-order valence-corrected chi connectivity index (χ4v) is 3.45. The second-order valence-electron chi connectivity index (χ2n) is 6.82. The van der Waals surface area contributed by atoms with Crippen LogP contribution in [0.4, 0.5) is 0 Å². The molecule has 1 aliphatic rings. The largest absolute Gasteiger partial charge is 0.394 e. The minimum Gasteiger partial charge on any atom is -0.394 e. The Hall–Kier alpha value is -0.950. The quantitative estimate of drug-likeness (QED) is 0.656. The molecule has 0 spiro atoms. The lowest BCUT2D eigenvalue weighted by Gasteiger charge is -2.32. The number of nitrogens with zero attached hydrogens (tertiary/aromatic N) is 3. The van der Waals surface area contributed by atoms with Gasteiger partial charge in [0.1, 0.15) is 0 Å². The van der Waals surface area contributed by atoms with Gasteiger partial charge in [-0.2, -0.15) is 5.10 Å². The number of aryl methyl sites for hydroxylation is 1. The third-order valence-electron chi connectivity index (χ3n) is 4.81. The molecule has 2 rings (SSSR count). The fraction of sp³-hybridized carbons (Fsp3) is 0.824. The number of hydrogen-bond acceptors (Lipinski definition) is 5. The van der Waals surface area contributed by atoms with Gasteiger partial charge in [-0.15, -0.1) is 0 Å². The van der Waals surface area contributed by atoms with E-state index >= 15 is 0 Å². The molecule has 3 N–H and O–H groups in total. The molecule has 132 valence electrons. The zero-order valence-electron chi connectivity index (χ0n) is 14.8. The highest BCUT2D eigenvalue weighted by atomic mass is 16.3. The average molecular weight is 324 g/mol. The number of likely N-dealkylation sites (tertiary alicyclic amines) is 1. The van der Waals surface area contributed by atoms with Crippen LogP contribution in [-0.4, -0.2) is 63.8 Å². The molecule has 1 saturated heterocycles. The summed E-state index contributed by atoms with van der Waals surface area (Å²) in [6, 6.07) is 0. The van der Waals surface area contributed by atoms with Gasteiger partial charge in [0.05, 0.1) is 24.9 Å². The number of rotatable bonds is 8. The van der Waals surface area contributed by atoms with Crippen LogP contribution in [0.3, 0.4) is 0 Å². The van der Waals surface area contributed by atoms with E-state index < -0.39 is 0 Å². The van der Waals surface area contributed by atoms with Gasteiger partial charge in [0.2, 0.25) is 0 Å². The summed E-state index contributed by atoms with van der Waals surface area (Å²) in [4.78, 5) is 2.36. The summed E-state index contributed by atoms with van der Waals surface area (Å²) < 4.78 is 1.89. The molecule has 1 fully saturated rings. The van der Waals surface area contributed by atoms with Crippen molar-refractivity contribution in [3.8, 4) is 0 Å². The van der Waals surface area contributed by atoms with E-state index in [4.69, 9.17) is 5.11 Å². The molecule has 0 aromatic carbocycles. The summed E-state index contributed by atoms with van der Waals surface area (Å²) in [6.07, 6.45) is 2.16. The molecule has 6 heteroatoms. The van der Waals surface area contributed by atoms with Crippen molar-refractivity contribution in [2.24, 2.45) is 5.92 Å². The molecule has 2 heterocycles. The van der Waals surface area contributed by atoms with Crippen LogP contribution in [0.1, 0.15) is 36.7 Å². The van der Waals surface area contributed by atoms with Crippen LogP contribution in [0.25, 0.3) is 0 Å². The second-order valence-corrected chi connectivity index (χ2v) is 6.82. The van der Waals surface area contributed by atoms with Crippen LogP contribution >= 0.6 is 0 Å². The number of aliphatic hydroxyl groups excluding tert-OH is 2. The van der Waals surface area contributed by atoms with Crippen LogP contribution in [0.2, 0.25) is 0 Å². The van der Waals surface area contributed by atoms with Crippen molar-refractivity contribution in [2.45, 2.75) is 52.8 Å². The Kier molecular flexibility index (Phi) is 7.02. The van der Waals surface area contributed by atoms with E-state index in [1.165, 1.54) is 18.4 Å². The van der Waals surface area contributed by atoms with Crippen molar-refractivity contribution in [1.82, 2.24) is 20.0 Å². The van der Waals surface area contributed by atoms with Crippen LogP contribution in [0.5, 0.6) is 0 Å². The maximum absolute atomic E-state index is 9.45. The number of aliphatic hydroxyl groups is 2. The molecule has 23 heavy (non-hydrogen) atoms. The zero-order valence-corrected chi connectivity index (χ0v) is 14.8. The lowest BCUT2D eigenvalue weighted by molar-refractivity contribution is 0.0998. The normalized spacial score (nSPS) is 18.5. The minimum absolute atomic E-state index is 0.125. The topological polar surface area (TPSA) is 73.5 Å². The molecular formula is C17H32N4O2. The van der Waals surface area contributed by atoms with Gasteiger partial charge in [0.25, 0.3) is 0 Å². The Morgan fingerprint density at radius 1 is 1.30 bits per heavy atom. The smallest absolute Gasteiger partial charge is 0.0644 e. The number of aromatic nitrogens is 2. The SMILES string of the molecule is Cc1nn(CCO)c(C)c1CNCC1CCN(C[C@H](C)O)CC1. The molecule has 1 aromatic heterocycles. The predicted molar refractivity (Wildman–Crippen MR) is 91.3 cm³/mol. The standard InChI is InChI=1S/C17H32N4O2/c1-13(23)12-20-6-4-16(5-7-20)10-18-11-17-14(2)19-21(8-9-22)15(17)3/h13,16,18,22-23H,4-12H2,1-3H3/t13-/m0/s1. The molecule has 6 nitrogen and oxygen atoms in total. The van der Waals surface area contributed by atoms with Gasteiger partial charge in [-0.25, -0.2) is 0 Å². The Labute approximate surface area is 139 Å². The monoisotopic (exact) mass is 324 g/mol. The maximum Gasteiger partial charge on any atom is 0.0644 e. The number of nitrogens with one attached hydrogen (secondary N) is 1. The first-order chi connectivity index (χ1) is 11.0. The van der Waals surface area contributed by atoms with Gasteiger partial charge >= 0.3 is 0 Å². The van der Waals surface area contributed by atoms with Gasteiger partial charge in [0.15, 0.2) is 0 Å². The summed E-state index contributed by atoms with van der Waals surface area (Å²) in [6.45, 7) is 11.5. The summed E-state index contributed by atoms with van der Waals surface area (Å²) in [7, 11) is 0. The Balaban J connectivity index is 1.74.